The van der Waals surface area contributed by atoms with Gasteiger partial charge in [-0.2, -0.15) is 26.3 Å². The second kappa shape index (κ2) is 25.7. The fourth-order valence-corrected chi connectivity index (χ4v) is 8.28. The third-order valence-corrected chi connectivity index (χ3v) is 11.7. The molecule has 9 aromatic carbocycles. The minimum absolute atomic E-state index is 0.164. The molecule has 9 heteroatoms. The van der Waals surface area contributed by atoms with Gasteiger partial charge in [-0.3, -0.25) is 0 Å². The Kier molecular flexibility index (Phi) is 18.5. The van der Waals surface area contributed by atoms with Crippen LogP contribution in [0, 0.1) is 6.92 Å². The van der Waals surface area contributed by atoms with Crippen LogP contribution < -0.4 is 14.2 Å². The first-order valence-corrected chi connectivity index (χ1v) is 23.7. The molecule has 0 amide bonds. The van der Waals surface area contributed by atoms with Gasteiger partial charge < -0.3 is 14.2 Å². The Labute approximate surface area is 418 Å². The van der Waals surface area contributed by atoms with Gasteiger partial charge in [-0.15, -0.1) is 0 Å². The number of halogens is 6. The van der Waals surface area contributed by atoms with Gasteiger partial charge in [-0.25, -0.2) is 0 Å². The first-order chi connectivity index (χ1) is 35.0. The van der Waals surface area contributed by atoms with Gasteiger partial charge in [0.25, 0.3) is 0 Å². The lowest BCUT2D eigenvalue weighted by Gasteiger charge is -2.13. The van der Waals surface area contributed by atoms with E-state index in [1.807, 2.05) is 84.9 Å². The summed E-state index contributed by atoms with van der Waals surface area (Å²) in [5, 5.41) is 0. The molecule has 0 saturated carbocycles. The van der Waals surface area contributed by atoms with Crippen LogP contribution in [-0.4, -0.2) is 19.8 Å². The quantitative estimate of drug-likeness (QED) is 0.0958. The Bertz CT molecular complexity index is 3060. The third-order valence-electron chi connectivity index (χ3n) is 11.7. The second-order valence-corrected chi connectivity index (χ2v) is 16.7. The van der Waals surface area contributed by atoms with E-state index in [9.17, 15) is 26.3 Å². The van der Waals surface area contributed by atoms with E-state index in [0.29, 0.717) is 0 Å². The Morgan fingerprint density at radius 2 is 0.625 bits per heavy atom. The van der Waals surface area contributed by atoms with Crippen molar-refractivity contribution in [2.75, 3.05) is 0 Å². The maximum absolute atomic E-state index is 12.3. The monoisotopic (exact) mass is 972 g/mol. The van der Waals surface area contributed by atoms with Gasteiger partial charge in [-0.1, -0.05) is 208 Å². The van der Waals surface area contributed by atoms with E-state index >= 15 is 0 Å². The molecule has 3 nitrogen and oxygen atoms in total. The van der Waals surface area contributed by atoms with E-state index < -0.39 is 19.8 Å². The SMILES string of the molecule is CCCc1ccc(-c2ccc(OC(F)F)cc2)c(-c2ccccc2)c1.CCc1ccc(-c2ccc(OC(F)F)cc2)c(-c2ccccc2)c1.Cc1ccc(-c2ccc(OC(F)F)cc2)c(-c2ccccc2)c1. The van der Waals surface area contributed by atoms with Crippen LogP contribution in [0.2, 0.25) is 0 Å². The fraction of sp³-hybridized carbons (Fsp3) is 0.143. The summed E-state index contributed by atoms with van der Waals surface area (Å²) in [5.41, 5.74) is 16.6. The van der Waals surface area contributed by atoms with E-state index in [1.54, 1.807) is 48.5 Å². The number of hydrogen-bond acceptors (Lipinski definition) is 3. The van der Waals surface area contributed by atoms with Crippen LogP contribution in [0.25, 0.3) is 66.8 Å². The van der Waals surface area contributed by atoms with Crippen LogP contribution in [0.15, 0.2) is 218 Å². The molecular weight excluding hydrogens is 919 g/mol. The van der Waals surface area contributed by atoms with Crippen LogP contribution in [0.5, 0.6) is 17.2 Å². The number of hydrogen-bond donors (Lipinski definition) is 0. The highest BCUT2D eigenvalue weighted by Gasteiger charge is 2.13. The standard InChI is InChI=1S/C22H20F2O.C21H18F2O.C20H16F2O/c1-2-6-16-9-14-20(21(15-16)17-7-4-3-5-8-17)18-10-12-19(13-11-18)25-22(23)24;1-2-15-8-13-19(20(14-15)16-6-4-3-5-7-16)17-9-11-18(12-10-17)24-21(22)23;1-14-7-12-18(19(13-14)15-5-3-2-4-6-15)16-8-10-17(11-9-16)23-20(21)22/h3-5,7-15,22H,2,6H2,1H3;3-14,21H,2H2,1H3;2-13,20H,1H3. The van der Waals surface area contributed by atoms with Gasteiger partial charge in [0.05, 0.1) is 0 Å². The average molecular weight is 973 g/mol. The first kappa shape index (κ1) is 51.8. The van der Waals surface area contributed by atoms with Crippen molar-refractivity contribution < 1.29 is 40.6 Å². The molecule has 0 spiro atoms. The van der Waals surface area contributed by atoms with Crippen LogP contribution in [-0.2, 0) is 12.8 Å². The molecular formula is C63H54F6O3. The van der Waals surface area contributed by atoms with Crippen molar-refractivity contribution in [3.63, 3.8) is 0 Å². The predicted octanol–water partition coefficient (Wildman–Crippen LogP) is 18.7. The molecule has 0 saturated heterocycles. The maximum Gasteiger partial charge on any atom is 0.387 e. The lowest BCUT2D eigenvalue weighted by molar-refractivity contribution is -0.0505. The smallest absolute Gasteiger partial charge is 0.387 e. The molecule has 0 aliphatic rings. The van der Waals surface area contributed by atoms with Crippen molar-refractivity contribution >= 4 is 0 Å². The van der Waals surface area contributed by atoms with Crippen LogP contribution in [0.1, 0.15) is 37.0 Å². The summed E-state index contributed by atoms with van der Waals surface area (Å²) in [7, 11) is 0. The van der Waals surface area contributed by atoms with Crippen molar-refractivity contribution in [1.82, 2.24) is 0 Å². The molecule has 0 heterocycles. The van der Waals surface area contributed by atoms with Gasteiger partial charge >= 0.3 is 19.8 Å². The number of rotatable bonds is 15. The molecule has 0 aliphatic carbocycles. The molecule has 0 aromatic heterocycles. The third kappa shape index (κ3) is 14.5. The van der Waals surface area contributed by atoms with Crippen molar-refractivity contribution in [2.24, 2.45) is 0 Å². The van der Waals surface area contributed by atoms with Gasteiger partial charge in [0.1, 0.15) is 17.2 Å². The highest BCUT2D eigenvalue weighted by molar-refractivity contribution is 5.86. The molecule has 72 heavy (non-hydrogen) atoms. The topological polar surface area (TPSA) is 27.7 Å². The first-order valence-electron chi connectivity index (χ1n) is 23.7. The number of benzene rings is 9. The molecule has 0 fully saturated rings. The molecule has 0 aliphatic heterocycles. The largest absolute Gasteiger partial charge is 0.435 e. The van der Waals surface area contributed by atoms with Crippen molar-refractivity contribution in [1.29, 1.82) is 0 Å². The lowest BCUT2D eigenvalue weighted by Crippen LogP contribution is -2.01. The summed E-state index contributed by atoms with van der Waals surface area (Å²) in [6.45, 7) is -2.08. The van der Waals surface area contributed by atoms with Gasteiger partial charge in [0.15, 0.2) is 0 Å². The average Bonchev–Trinajstić information content (AvgIpc) is 3.40. The van der Waals surface area contributed by atoms with E-state index in [0.717, 1.165) is 86.0 Å². The molecule has 0 radical (unpaired) electrons. The summed E-state index contributed by atoms with van der Waals surface area (Å²) < 4.78 is 87.0. The van der Waals surface area contributed by atoms with Crippen molar-refractivity contribution in [3.8, 4) is 84.0 Å². The zero-order chi connectivity index (χ0) is 50.8. The molecule has 0 N–H and O–H groups in total. The van der Waals surface area contributed by atoms with Gasteiger partial charge in [0, 0.05) is 0 Å². The second-order valence-electron chi connectivity index (χ2n) is 16.7. The fourth-order valence-electron chi connectivity index (χ4n) is 8.28. The Morgan fingerprint density at radius 1 is 0.319 bits per heavy atom. The Morgan fingerprint density at radius 3 is 0.958 bits per heavy atom. The van der Waals surface area contributed by atoms with Gasteiger partial charge in [0.2, 0.25) is 0 Å². The zero-order valence-electron chi connectivity index (χ0n) is 40.1. The van der Waals surface area contributed by atoms with E-state index in [4.69, 9.17) is 0 Å². The summed E-state index contributed by atoms with van der Waals surface area (Å²) in [6, 6.07) is 69.8. The minimum Gasteiger partial charge on any atom is -0.435 e. The maximum atomic E-state index is 12.3. The number of alkyl halides is 6. The van der Waals surface area contributed by atoms with E-state index in [2.05, 4.69) is 120 Å². The summed E-state index contributed by atoms with van der Waals surface area (Å²) >= 11 is 0. The molecule has 0 bridgehead atoms. The normalized spacial score (nSPS) is 10.8. The van der Waals surface area contributed by atoms with Crippen LogP contribution in [0.3, 0.4) is 0 Å². The van der Waals surface area contributed by atoms with Crippen LogP contribution in [0.4, 0.5) is 26.3 Å². The molecule has 9 rings (SSSR count). The molecule has 366 valence electrons. The lowest BCUT2D eigenvalue weighted by atomic mass is 9.92. The molecule has 9 aromatic rings. The van der Waals surface area contributed by atoms with Crippen molar-refractivity contribution in [3.05, 3.63) is 235 Å². The van der Waals surface area contributed by atoms with Gasteiger partial charge in [-0.05, 0) is 134 Å². The van der Waals surface area contributed by atoms with E-state index in [-0.39, 0.29) is 17.2 Å². The highest BCUT2D eigenvalue weighted by Crippen LogP contribution is 2.37. The Balaban J connectivity index is 0.000000159. The highest BCUT2D eigenvalue weighted by atomic mass is 19.3. The minimum atomic E-state index is -2.81. The molecule has 0 atom stereocenters. The van der Waals surface area contributed by atoms with Crippen LogP contribution >= 0.6 is 0 Å². The number of ether oxygens (including phenoxy) is 3. The summed E-state index contributed by atoms with van der Waals surface area (Å²) in [5.74, 6) is 0.500. The van der Waals surface area contributed by atoms with Crippen molar-refractivity contribution in [2.45, 2.75) is 59.9 Å². The zero-order valence-corrected chi connectivity index (χ0v) is 40.1. The summed E-state index contributed by atoms with van der Waals surface area (Å²) in [6.07, 6.45) is 3.08. The summed E-state index contributed by atoms with van der Waals surface area (Å²) in [4.78, 5) is 0. The Hall–Kier alpha value is -8.04. The number of aryl methyl sites for hydroxylation is 3. The predicted molar refractivity (Wildman–Crippen MR) is 280 cm³/mol. The molecule has 0 unspecified atom stereocenters. The van der Waals surface area contributed by atoms with E-state index in [1.165, 1.54) is 16.7 Å².